The monoisotopic (exact) mass is 326 g/mol. The molecule has 112 valence electrons. The second-order valence-electron chi connectivity index (χ2n) is 4.65. The molecule has 1 amide bonds. The van der Waals surface area contributed by atoms with E-state index >= 15 is 0 Å². The molecular weight excluding hydrogens is 312 g/mol. The van der Waals surface area contributed by atoms with Crippen LogP contribution in [0.25, 0.3) is 0 Å². The first-order valence-corrected chi connectivity index (χ1v) is 8.79. The van der Waals surface area contributed by atoms with Gasteiger partial charge in [-0.05, 0) is 18.9 Å². The Morgan fingerprint density at radius 3 is 2.81 bits per heavy atom. The summed E-state index contributed by atoms with van der Waals surface area (Å²) in [5, 5.41) is 4.82. The third kappa shape index (κ3) is 2.85. The van der Waals surface area contributed by atoms with Gasteiger partial charge in [-0.1, -0.05) is 0 Å². The summed E-state index contributed by atoms with van der Waals surface area (Å²) in [4.78, 5) is 18.8. The van der Waals surface area contributed by atoms with Crippen molar-refractivity contribution in [3.8, 4) is 0 Å². The lowest BCUT2D eigenvalue weighted by Crippen LogP contribution is -2.27. The van der Waals surface area contributed by atoms with E-state index in [1.54, 1.807) is 11.6 Å². The minimum atomic E-state index is -3.50. The zero-order valence-corrected chi connectivity index (χ0v) is 12.7. The van der Waals surface area contributed by atoms with Crippen LogP contribution < -0.4 is 5.32 Å². The van der Waals surface area contributed by atoms with Crippen molar-refractivity contribution in [1.82, 2.24) is 14.3 Å². The molecule has 7 nitrogen and oxygen atoms in total. The first kappa shape index (κ1) is 14.2. The number of aromatic amines is 1. The van der Waals surface area contributed by atoms with Crippen molar-refractivity contribution in [3.05, 3.63) is 29.5 Å². The maximum Gasteiger partial charge on any atom is 0.273 e. The summed E-state index contributed by atoms with van der Waals surface area (Å²) in [7, 11) is -3.50. The molecule has 0 unspecified atom stereocenters. The molecule has 0 spiro atoms. The number of hydrogen-bond donors (Lipinski definition) is 2. The van der Waals surface area contributed by atoms with E-state index in [1.807, 2.05) is 0 Å². The van der Waals surface area contributed by atoms with Gasteiger partial charge in [0.25, 0.3) is 5.91 Å². The van der Waals surface area contributed by atoms with Crippen LogP contribution in [-0.4, -0.2) is 41.7 Å². The summed E-state index contributed by atoms with van der Waals surface area (Å²) in [5.74, 6) is -0.409. The molecule has 0 radical (unpaired) electrons. The zero-order valence-electron chi connectivity index (χ0n) is 11.1. The number of rotatable bonds is 4. The van der Waals surface area contributed by atoms with Gasteiger partial charge in [0, 0.05) is 30.9 Å². The quantitative estimate of drug-likeness (QED) is 0.890. The average molecular weight is 326 g/mol. The van der Waals surface area contributed by atoms with Crippen LogP contribution in [0.1, 0.15) is 23.3 Å². The van der Waals surface area contributed by atoms with Crippen molar-refractivity contribution < 1.29 is 13.2 Å². The van der Waals surface area contributed by atoms with E-state index < -0.39 is 15.9 Å². The van der Waals surface area contributed by atoms with Crippen LogP contribution in [0.15, 0.2) is 28.7 Å². The van der Waals surface area contributed by atoms with Gasteiger partial charge in [-0.3, -0.25) is 10.1 Å². The minimum Gasteiger partial charge on any atom is -0.356 e. The zero-order chi connectivity index (χ0) is 14.9. The highest BCUT2D eigenvalue weighted by atomic mass is 32.2. The number of nitrogens with one attached hydrogen (secondary N) is 2. The summed E-state index contributed by atoms with van der Waals surface area (Å²) in [6, 6.07) is 1.36. The normalized spacial score (nSPS) is 16.2. The molecule has 2 aromatic heterocycles. The molecule has 0 aliphatic carbocycles. The predicted molar refractivity (Wildman–Crippen MR) is 78.9 cm³/mol. The molecule has 9 heteroatoms. The summed E-state index contributed by atoms with van der Waals surface area (Å²) in [6.45, 7) is 1.07. The average Bonchev–Trinajstić information content (AvgIpc) is 3.20. The SMILES string of the molecule is O=C(Nc1nccs1)c1cc(S(=O)(=O)N2CCCC2)c[nH]1. The summed E-state index contributed by atoms with van der Waals surface area (Å²) in [6.07, 6.45) is 4.69. The molecular formula is C12H14N4O3S2. The Morgan fingerprint density at radius 2 is 2.14 bits per heavy atom. The van der Waals surface area contributed by atoms with Gasteiger partial charge < -0.3 is 4.98 Å². The molecule has 1 aliphatic rings. The smallest absolute Gasteiger partial charge is 0.273 e. The van der Waals surface area contributed by atoms with Gasteiger partial charge in [0.2, 0.25) is 10.0 Å². The van der Waals surface area contributed by atoms with Gasteiger partial charge in [0.1, 0.15) is 10.6 Å². The number of nitrogens with zero attached hydrogens (tertiary/aromatic N) is 2. The van der Waals surface area contributed by atoms with Crippen molar-refractivity contribution in [2.75, 3.05) is 18.4 Å². The highest BCUT2D eigenvalue weighted by Crippen LogP contribution is 2.22. The van der Waals surface area contributed by atoms with Crippen LogP contribution in [0, 0.1) is 0 Å². The number of H-pyrrole nitrogens is 1. The number of thiazole rings is 1. The third-order valence-corrected chi connectivity index (χ3v) is 5.82. The van der Waals surface area contributed by atoms with Crippen LogP contribution in [0.2, 0.25) is 0 Å². The van der Waals surface area contributed by atoms with Gasteiger partial charge in [0.15, 0.2) is 5.13 Å². The molecule has 0 bridgehead atoms. The highest BCUT2D eigenvalue weighted by Gasteiger charge is 2.28. The van der Waals surface area contributed by atoms with E-state index in [4.69, 9.17) is 0 Å². The Labute approximate surface area is 126 Å². The lowest BCUT2D eigenvalue weighted by Gasteiger charge is -2.13. The largest absolute Gasteiger partial charge is 0.356 e. The topological polar surface area (TPSA) is 95.2 Å². The van der Waals surface area contributed by atoms with Gasteiger partial charge in [0.05, 0.1) is 0 Å². The van der Waals surface area contributed by atoms with Crippen LogP contribution in [0.4, 0.5) is 5.13 Å². The minimum absolute atomic E-state index is 0.119. The van der Waals surface area contributed by atoms with Crippen molar-refractivity contribution in [3.63, 3.8) is 0 Å². The Kier molecular flexibility index (Phi) is 3.79. The van der Waals surface area contributed by atoms with Crippen LogP contribution in [0.3, 0.4) is 0 Å². The lowest BCUT2D eigenvalue weighted by atomic mass is 10.4. The summed E-state index contributed by atoms with van der Waals surface area (Å²) >= 11 is 1.30. The number of carbonyl (C=O) groups excluding carboxylic acids is 1. The molecule has 3 heterocycles. The Hall–Kier alpha value is -1.71. The fourth-order valence-corrected chi connectivity index (χ4v) is 4.22. The Bertz CT molecular complexity index is 730. The predicted octanol–water partition coefficient (Wildman–Crippen LogP) is 1.51. The van der Waals surface area contributed by atoms with Crippen LogP contribution in [0.5, 0.6) is 0 Å². The van der Waals surface area contributed by atoms with Crippen LogP contribution >= 0.6 is 11.3 Å². The van der Waals surface area contributed by atoms with E-state index in [1.165, 1.54) is 27.9 Å². The van der Waals surface area contributed by atoms with Crippen molar-refractivity contribution in [1.29, 1.82) is 0 Å². The molecule has 1 saturated heterocycles. The molecule has 2 N–H and O–H groups in total. The molecule has 21 heavy (non-hydrogen) atoms. The van der Waals surface area contributed by atoms with Gasteiger partial charge in [-0.25, -0.2) is 13.4 Å². The van der Waals surface area contributed by atoms with E-state index in [0.29, 0.717) is 18.2 Å². The van der Waals surface area contributed by atoms with E-state index in [2.05, 4.69) is 15.3 Å². The van der Waals surface area contributed by atoms with Crippen molar-refractivity contribution in [2.45, 2.75) is 17.7 Å². The van der Waals surface area contributed by atoms with E-state index in [0.717, 1.165) is 12.8 Å². The fourth-order valence-electron chi connectivity index (χ4n) is 2.18. The summed E-state index contributed by atoms with van der Waals surface area (Å²) < 4.78 is 26.1. The number of aromatic nitrogens is 2. The molecule has 1 aliphatic heterocycles. The second-order valence-corrected chi connectivity index (χ2v) is 7.48. The lowest BCUT2D eigenvalue weighted by molar-refractivity contribution is 0.102. The number of anilines is 1. The third-order valence-electron chi connectivity index (χ3n) is 3.26. The van der Waals surface area contributed by atoms with Gasteiger partial charge >= 0.3 is 0 Å². The van der Waals surface area contributed by atoms with Gasteiger partial charge in [-0.15, -0.1) is 11.3 Å². The van der Waals surface area contributed by atoms with E-state index in [-0.39, 0.29) is 10.6 Å². The Morgan fingerprint density at radius 1 is 1.38 bits per heavy atom. The number of hydrogen-bond acceptors (Lipinski definition) is 5. The first-order chi connectivity index (χ1) is 10.1. The standard InChI is InChI=1S/C12H14N4O3S2/c17-11(15-12-13-3-6-20-12)10-7-9(8-14-10)21(18,19)16-4-1-2-5-16/h3,6-8,14H,1-2,4-5H2,(H,13,15,17). The maximum absolute atomic E-state index is 12.4. The molecule has 0 aromatic carbocycles. The maximum atomic E-state index is 12.4. The molecule has 2 aromatic rings. The van der Waals surface area contributed by atoms with Crippen molar-refractivity contribution >= 4 is 32.4 Å². The fraction of sp³-hybridized carbons (Fsp3) is 0.333. The van der Waals surface area contributed by atoms with Crippen LogP contribution in [-0.2, 0) is 10.0 Å². The Balaban J connectivity index is 1.78. The van der Waals surface area contributed by atoms with Crippen molar-refractivity contribution in [2.24, 2.45) is 0 Å². The highest BCUT2D eigenvalue weighted by molar-refractivity contribution is 7.89. The number of carbonyl (C=O) groups is 1. The molecule has 3 rings (SSSR count). The second kappa shape index (κ2) is 5.58. The summed E-state index contributed by atoms with van der Waals surface area (Å²) in [5.41, 5.74) is 0.197. The van der Waals surface area contributed by atoms with E-state index in [9.17, 15) is 13.2 Å². The number of amides is 1. The first-order valence-electron chi connectivity index (χ1n) is 6.47. The molecule has 1 fully saturated rings. The molecule has 0 atom stereocenters. The molecule has 0 saturated carbocycles. The van der Waals surface area contributed by atoms with Gasteiger partial charge in [-0.2, -0.15) is 4.31 Å². The number of sulfonamides is 1.